The first-order chi connectivity index (χ1) is 16.5. The fourth-order valence-electron chi connectivity index (χ4n) is 4.07. The number of para-hydroxylation sites is 1. The number of fused-ring (bicyclic) bond motifs is 2. The van der Waals surface area contributed by atoms with Gasteiger partial charge in [-0.25, -0.2) is 0 Å². The number of nitrogens with zero attached hydrogens (tertiary/aromatic N) is 1. The van der Waals surface area contributed by atoms with Crippen LogP contribution in [0.15, 0.2) is 107 Å². The molecule has 0 unspecified atom stereocenters. The molecular weight excluding hydrogens is 453 g/mol. The number of rotatable bonds is 6. The maximum absolute atomic E-state index is 13.4. The van der Waals surface area contributed by atoms with Crippen molar-refractivity contribution in [1.29, 1.82) is 0 Å². The molecule has 0 spiro atoms. The first-order valence-electron chi connectivity index (χ1n) is 11.1. The molecule has 0 saturated carbocycles. The van der Waals surface area contributed by atoms with Crippen molar-refractivity contribution in [1.82, 2.24) is 5.32 Å². The molecule has 172 valence electrons. The molecule has 0 amide bonds. The number of nitrogens with one attached hydrogen (secondary N) is 1. The van der Waals surface area contributed by atoms with Crippen LogP contribution in [0.2, 0.25) is 0 Å². The Morgan fingerprint density at radius 2 is 1.26 bits per heavy atom. The Balaban J connectivity index is 1.35. The van der Waals surface area contributed by atoms with Crippen LogP contribution in [0.25, 0.3) is 0 Å². The fourth-order valence-corrected chi connectivity index (χ4v) is 5.14. The molecule has 0 atom stereocenters. The van der Waals surface area contributed by atoms with Crippen LogP contribution < -0.4 is 10.2 Å². The van der Waals surface area contributed by atoms with Crippen LogP contribution in [0.5, 0.6) is 0 Å². The van der Waals surface area contributed by atoms with Gasteiger partial charge in [0.2, 0.25) is 0 Å². The summed E-state index contributed by atoms with van der Waals surface area (Å²) in [6, 6.07) is 30.3. The Labute approximate surface area is 201 Å². The van der Waals surface area contributed by atoms with Gasteiger partial charge >= 0.3 is 6.18 Å². The van der Waals surface area contributed by atoms with E-state index in [4.69, 9.17) is 0 Å². The highest BCUT2D eigenvalue weighted by molar-refractivity contribution is 7.99. The summed E-state index contributed by atoms with van der Waals surface area (Å²) in [7, 11) is 0. The summed E-state index contributed by atoms with van der Waals surface area (Å²) in [6.45, 7) is 2.03. The highest BCUT2D eigenvalue weighted by Gasteiger charge is 2.33. The predicted octanol–water partition coefficient (Wildman–Crippen LogP) is 7.80. The average molecular weight is 477 g/mol. The number of alkyl halides is 3. The lowest BCUT2D eigenvalue weighted by atomic mass is 10.1. The minimum atomic E-state index is -4.38. The summed E-state index contributed by atoms with van der Waals surface area (Å²) in [5.41, 5.74) is 4.32. The van der Waals surface area contributed by atoms with E-state index in [0.717, 1.165) is 45.8 Å². The molecule has 0 aromatic heterocycles. The number of anilines is 2. The summed E-state index contributed by atoms with van der Waals surface area (Å²) in [5.74, 6) is 0. The summed E-state index contributed by atoms with van der Waals surface area (Å²) in [5, 5.41) is 3.45. The minimum Gasteiger partial charge on any atom is -0.335 e. The van der Waals surface area contributed by atoms with E-state index in [2.05, 4.69) is 41.7 Å². The van der Waals surface area contributed by atoms with Crippen molar-refractivity contribution in [3.05, 3.63) is 119 Å². The molecule has 5 rings (SSSR count). The van der Waals surface area contributed by atoms with E-state index >= 15 is 0 Å². The van der Waals surface area contributed by atoms with Gasteiger partial charge in [0.1, 0.15) is 0 Å². The van der Waals surface area contributed by atoms with Crippen molar-refractivity contribution in [2.75, 3.05) is 4.90 Å². The van der Waals surface area contributed by atoms with Gasteiger partial charge in [-0.3, -0.25) is 0 Å². The third-order valence-electron chi connectivity index (χ3n) is 5.82. The molecule has 2 nitrogen and oxygen atoms in total. The number of hydrogen-bond donors (Lipinski definition) is 1. The Kier molecular flexibility index (Phi) is 6.35. The lowest BCUT2D eigenvalue weighted by Crippen LogP contribution is -2.21. The van der Waals surface area contributed by atoms with Gasteiger partial charge < -0.3 is 10.2 Å². The van der Waals surface area contributed by atoms with Crippen molar-refractivity contribution in [3.8, 4) is 0 Å². The summed E-state index contributed by atoms with van der Waals surface area (Å²) >= 11 is 1.51. The number of benzene rings is 4. The third kappa shape index (κ3) is 4.98. The molecule has 0 radical (unpaired) electrons. The molecular formula is C28H23F3N2S. The van der Waals surface area contributed by atoms with Gasteiger partial charge in [0.25, 0.3) is 0 Å². The van der Waals surface area contributed by atoms with E-state index in [-0.39, 0.29) is 0 Å². The Hall–Kier alpha value is -3.22. The molecule has 34 heavy (non-hydrogen) atoms. The van der Waals surface area contributed by atoms with E-state index in [1.165, 1.54) is 23.4 Å². The molecule has 0 fully saturated rings. The standard InChI is InChI=1S/C28H23F3N2S/c29-28(30,31)23-14-15-27-25(16-23)33(24-8-4-5-9-26(24)34-27)19-22-12-10-21(11-13-22)18-32-17-20-6-2-1-3-7-20/h1-16,32H,17-19H2. The second-order valence-corrected chi connectivity index (χ2v) is 9.33. The second kappa shape index (κ2) is 9.57. The van der Waals surface area contributed by atoms with Gasteiger partial charge in [-0.15, -0.1) is 0 Å². The van der Waals surface area contributed by atoms with Crippen LogP contribution in [-0.2, 0) is 25.8 Å². The van der Waals surface area contributed by atoms with Crippen LogP contribution in [0.1, 0.15) is 22.3 Å². The first-order valence-corrected chi connectivity index (χ1v) is 11.9. The van der Waals surface area contributed by atoms with Gasteiger partial charge in [0.05, 0.1) is 16.9 Å². The van der Waals surface area contributed by atoms with Gasteiger partial charge in [-0.05, 0) is 47.0 Å². The lowest BCUT2D eigenvalue weighted by molar-refractivity contribution is -0.137. The van der Waals surface area contributed by atoms with E-state index in [9.17, 15) is 13.2 Å². The molecule has 0 bridgehead atoms. The zero-order valence-corrected chi connectivity index (χ0v) is 19.2. The molecule has 1 aliphatic rings. The van der Waals surface area contributed by atoms with Crippen molar-refractivity contribution in [3.63, 3.8) is 0 Å². The van der Waals surface area contributed by atoms with E-state index in [1.54, 1.807) is 6.07 Å². The van der Waals surface area contributed by atoms with Crippen molar-refractivity contribution < 1.29 is 13.2 Å². The Morgan fingerprint density at radius 1 is 0.647 bits per heavy atom. The molecule has 1 heterocycles. The van der Waals surface area contributed by atoms with E-state index in [0.29, 0.717) is 12.2 Å². The summed E-state index contributed by atoms with van der Waals surface area (Å²) in [6.07, 6.45) is -4.38. The molecule has 1 aliphatic heterocycles. The van der Waals surface area contributed by atoms with Gasteiger partial charge in [-0.2, -0.15) is 13.2 Å². The average Bonchev–Trinajstić information content (AvgIpc) is 2.85. The smallest absolute Gasteiger partial charge is 0.335 e. The number of hydrogen-bond acceptors (Lipinski definition) is 3. The monoisotopic (exact) mass is 476 g/mol. The first kappa shape index (κ1) is 22.6. The molecule has 6 heteroatoms. The third-order valence-corrected chi connectivity index (χ3v) is 6.95. The van der Waals surface area contributed by atoms with Gasteiger partial charge in [0.15, 0.2) is 0 Å². The van der Waals surface area contributed by atoms with Crippen molar-refractivity contribution in [2.24, 2.45) is 0 Å². The van der Waals surface area contributed by atoms with Crippen LogP contribution in [0.4, 0.5) is 24.5 Å². The largest absolute Gasteiger partial charge is 0.416 e. The van der Waals surface area contributed by atoms with E-state index < -0.39 is 11.7 Å². The maximum atomic E-state index is 13.4. The van der Waals surface area contributed by atoms with Crippen LogP contribution >= 0.6 is 11.8 Å². The minimum absolute atomic E-state index is 0.490. The Morgan fingerprint density at radius 3 is 2.00 bits per heavy atom. The molecule has 0 saturated heterocycles. The normalized spacial score (nSPS) is 12.9. The predicted molar refractivity (Wildman–Crippen MR) is 131 cm³/mol. The molecule has 4 aromatic rings. The molecule has 4 aromatic carbocycles. The van der Waals surface area contributed by atoms with Crippen molar-refractivity contribution >= 4 is 23.1 Å². The molecule has 1 N–H and O–H groups in total. The summed E-state index contributed by atoms with van der Waals surface area (Å²) < 4.78 is 40.3. The van der Waals surface area contributed by atoms with Gasteiger partial charge in [-0.1, -0.05) is 78.5 Å². The van der Waals surface area contributed by atoms with E-state index in [1.807, 2.05) is 47.4 Å². The number of halogens is 3. The van der Waals surface area contributed by atoms with Crippen LogP contribution in [0, 0.1) is 0 Å². The lowest BCUT2D eigenvalue weighted by Gasteiger charge is -2.33. The van der Waals surface area contributed by atoms with Gasteiger partial charge in [0, 0.05) is 29.4 Å². The Bertz CT molecular complexity index is 1270. The maximum Gasteiger partial charge on any atom is 0.416 e. The zero-order chi connectivity index (χ0) is 23.5. The molecule has 0 aliphatic carbocycles. The van der Waals surface area contributed by atoms with Crippen molar-refractivity contribution in [2.45, 2.75) is 35.6 Å². The highest BCUT2D eigenvalue weighted by atomic mass is 32.2. The van der Waals surface area contributed by atoms with Crippen LogP contribution in [0.3, 0.4) is 0 Å². The fraction of sp³-hybridized carbons (Fsp3) is 0.143. The second-order valence-electron chi connectivity index (χ2n) is 8.24. The summed E-state index contributed by atoms with van der Waals surface area (Å²) in [4.78, 5) is 3.85. The quantitative estimate of drug-likeness (QED) is 0.306. The zero-order valence-electron chi connectivity index (χ0n) is 18.3. The highest BCUT2D eigenvalue weighted by Crippen LogP contribution is 2.50. The van der Waals surface area contributed by atoms with Crippen LogP contribution in [-0.4, -0.2) is 0 Å². The SMILES string of the molecule is FC(F)(F)c1ccc2c(c1)N(Cc1ccc(CNCc3ccccc3)cc1)c1ccccc1S2. The topological polar surface area (TPSA) is 15.3 Å².